The number of nitrogens with one attached hydrogen (secondary N) is 1. The molecule has 0 fully saturated rings. The summed E-state index contributed by atoms with van der Waals surface area (Å²) < 4.78 is 34.1. The molecule has 1 atom stereocenters. The van der Waals surface area contributed by atoms with Gasteiger partial charge in [-0.25, -0.2) is 8.42 Å². The molecule has 2 amide bonds. The summed E-state index contributed by atoms with van der Waals surface area (Å²) in [4.78, 5) is 28.2. The number of carbonyl (C=O) groups excluding carboxylic acids is 2. The van der Waals surface area contributed by atoms with E-state index in [0.29, 0.717) is 23.5 Å². The molecule has 0 aromatic heterocycles. The van der Waals surface area contributed by atoms with Crippen LogP contribution < -0.4 is 14.4 Å². The van der Waals surface area contributed by atoms with Crippen LogP contribution in [0.2, 0.25) is 0 Å². The summed E-state index contributed by atoms with van der Waals surface area (Å²) in [5.74, 6) is -0.156. The summed E-state index contributed by atoms with van der Waals surface area (Å²) in [6, 6.07) is 19.8. The van der Waals surface area contributed by atoms with Crippen molar-refractivity contribution in [2.24, 2.45) is 0 Å². The van der Waals surface area contributed by atoms with Gasteiger partial charge in [0, 0.05) is 13.1 Å². The highest BCUT2D eigenvalue weighted by Crippen LogP contribution is 2.28. The minimum Gasteiger partial charge on any atom is -0.497 e. The van der Waals surface area contributed by atoms with Gasteiger partial charge in [0.2, 0.25) is 11.8 Å². The molecule has 1 N–H and O–H groups in total. The van der Waals surface area contributed by atoms with Gasteiger partial charge in [0.1, 0.15) is 18.3 Å². The molecule has 0 unspecified atom stereocenters. The first-order valence-electron chi connectivity index (χ1n) is 12.4. The van der Waals surface area contributed by atoms with E-state index >= 15 is 0 Å². The first-order chi connectivity index (χ1) is 18.1. The molecule has 0 aliphatic heterocycles. The lowest BCUT2D eigenvalue weighted by molar-refractivity contribution is -0.139. The summed E-state index contributed by atoms with van der Waals surface area (Å²) in [5.41, 5.74) is 2.76. The van der Waals surface area contributed by atoms with Crippen LogP contribution in [-0.4, -0.2) is 51.4 Å². The molecule has 8 nitrogen and oxygen atoms in total. The Morgan fingerprint density at radius 1 is 0.974 bits per heavy atom. The van der Waals surface area contributed by atoms with E-state index in [1.807, 2.05) is 31.2 Å². The number of amides is 2. The van der Waals surface area contributed by atoms with Crippen LogP contribution in [0.5, 0.6) is 5.75 Å². The Balaban J connectivity index is 2.05. The number of nitrogens with zero attached hydrogens (tertiary/aromatic N) is 2. The van der Waals surface area contributed by atoms with Crippen LogP contribution in [0.15, 0.2) is 77.7 Å². The highest BCUT2D eigenvalue weighted by molar-refractivity contribution is 7.92. The van der Waals surface area contributed by atoms with E-state index in [-0.39, 0.29) is 17.3 Å². The van der Waals surface area contributed by atoms with E-state index in [9.17, 15) is 18.0 Å². The fraction of sp³-hybridized carbons (Fsp3) is 0.310. The summed E-state index contributed by atoms with van der Waals surface area (Å²) in [6.45, 7) is 7.17. The lowest BCUT2D eigenvalue weighted by atomic mass is 10.1. The fourth-order valence-corrected chi connectivity index (χ4v) is 5.54. The van der Waals surface area contributed by atoms with E-state index in [2.05, 4.69) is 5.32 Å². The standard InChI is InChI=1S/C29H35N3O5S/c1-6-30-29(34)23(4)31(19-24-14-16-25(37-5)17-15-24)28(33)20-32(27-18-21(2)12-13-22(27)3)38(35,36)26-10-8-7-9-11-26/h7-18,23H,6,19-20H2,1-5H3,(H,30,34)/t23-/m1/s1. The minimum absolute atomic E-state index is 0.0761. The second kappa shape index (κ2) is 12.6. The number of methoxy groups -OCH3 is 1. The van der Waals surface area contributed by atoms with Crippen LogP contribution in [0, 0.1) is 13.8 Å². The smallest absolute Gasteiger partial charge is 0.264 e. The summed E-state index contributed by atoms with van der Waals surface area (Å²) in [7, 11) is -2.52. The van der Waals surface area contributed by atoms with Crippen molar-refractivity contribution in [3.63, 3.8) is 0 Å². The molecular weight excluding hydrogens is 502 g/mol. The van der Waals surface area contributed by atoms with Gasteiger partial charge in [-0.15, -0.1) is 0 Å². The minimum atomic E-state index is -4.09. The molecule has 0 radical (unpaired) electrons. The summed E-state index contributed by atoms with van der Waals surface area (Å²) in [6.07, 6.45) is 0. The van der Waals surface area contributed by atoms with Crippen molar-refractivity contribution in [3.05, 3.63) is 89.5 Å². The van der Waals surface area contributed by atoms with E-state index in [1.54, 1.807) is 64.3 Å². The van der Waals surface area contributed by atoms with Crippen molar-refractivity contribution in [1.29, 1.82) is 0 Å². The van der Waals surface area contributed by atoms with Crippen molar-refractivity contribution in [1.82, 2.24) is 10.2 Å². The molecule has 0 bridgehead atoms. The number of sulfonamides is 1. The maximum Gasteiger partial charge on any atom is 0.264 e. The SMILES string of the molecule is CCNC(=O)[C@@H](C)N(Cc1ccc(OC)cc1)C(=O)CN(c1cc(C)ccc1C)S(=O)(=O)c1ccccc1. The zero-order valence-corrected chi connectivity index (χ0v) is 23.3. The van der Waals surface area contributed by atoms with Gasteiger partial charge in [-0.2, -0.15) is 0 Å². The number of anilines is 1. The molecule has 38 heavy (non-hydrogen) atoms. The third kappa shape index (κ3) is 6.72. The van der Waals surface area contributed by atoms with Crippen LogP contribution >= 0.6 is 0 Å². The lowest BCUT2D eigenvalue weighted by Crippen LogP contribution is -2.51. The zero-order chi connectivity index (χ0) is 27.9. The number of carbonyl (C=O) groups is 2. The molecule has 3 rings (SSSR count). The largest absolute Gasteiger partial charge is 0.497 e. The Hall–Kier alpha value is -3.85. The second-order valence-corrected chi connectivity index (χ2v) is 10.9. The van der Waals surface area contributed by atoms with Gasteiger partial charge in [0.25, 0.3) is 10.0 Å². The number of likely N-dealkylation sites (N-methyl/N-ethyl adjacent to an activating group) is 1. The quantitative estimate of drug-likeness (QED) is 0.398. The summed E-state index contributed by atoms with van der Waals surface area (Å²) >= 11 is 0. The Morgan fingerprint density at radius 2 is 1.63 bits per heavy atom. The molecule has 0 spiro atoms. The van der Waals surface area contributed by atoms with Crippen molar-refractivity contribution in [3.8, 4) is 5.75 Å². The molecule has 3 aromatic carbocycles. The molecular formula is C29H35N3O5S. The third-order valence-corrected chi connectivity index (χ3v) is 8.05. The van der Waals surface area contributed by atoms with Crippen molar-refractivity contribution >= 4 is 27.5 Å². The monoisotopic (exact) mass is 537 g/mol. The maximum absolute atomic E-state index is 13.9. The van der Waals surface area contributed by atoms with Crippen LogP contribution in [0.25, 0.3) is 0 Å². The maximum atomic E-state index is 13.9. The number of hydrogen-bond donors (Lipinski definition) is 1. The number of benzene rings is 3. The van der Waals surface area contributed by atoms with Gasteiger partial charge in [-0.1, -0.05) is 42.5 Å². The van der Waals surface area contributed by atoms with Crippen LogP contribution in [-0.2, 0) is 26.2 Å². The van der Waals surface area contributed by atoms with Crippen LogP contribution in [0.1, 0.15) is 30.5 Å². The number of hydrogen-bond acceptors (Lipinski definition) is 5. The Labute approximate surface area is 225 Å². The number of ether oxygens (including phenoxy) is 1. The highest BCUT2D eigenvalue weighted by atomic mass is 32.2. The first-order valence-corrected chi connectivity index (χ1v) is 13.9. The van der Waals surface area contributed by atoms with Crippen molar-refractivity contribution in [2.75, 3.05) is 24.5 Å². The van der Waals surface area contributed by atoms with E-state index in [0.717, 1.165) is 15.4 Å². The third-order valence-electron chi connectivity index (χ3n) is 6.27. The topological polar surface area (TPSA) is 96.0 Å². The van der Waals surface area contributed by atoms with E-state index in [1.165, 1.54) is 17.0 Å². The van der Waals surface area contributed by atoms with Gasteiger partial charge in [0.05, 0.1) is 17.7 Å². The molecule has 0 aliphatic carbocycles. The Morgan fingerprint density at radius 3 is 2.24 bits per heavy atom. The van der Waals surface area contributed by atoms with Gasteiger partial charge >= 0.3 is 0 Å². The molecule has 9 heteroatoms. The van der Waals surface area contributed by atoms with Crippen LogP contribution in [0.4, 0.5) is 5.69 Å². The lowest BCUT2D eigenvalue weighted by Gasteiger charge is -2.32. The molecule has 0 aliphatic rings. The van der Waals surface area contributed by atoms with Crippen molar-refractivity contribution in [2.45, 2.75) is 45.2 Å². The van der Waals surface area contributed by atoms with Gasteiger partial charge in [-0.3, -0.25) is 13.9 Å². The molecule has 3 aromatic rings. The normalized spacial score (nSPS) is 11.9. The summed E-state index contributed by atoms with van der Waals surface area (Å²) in [5, 5.41) is 2.76. The fourth-order valence-electron chi connectivity index (χ4n) is 4.05. The number of aryl methyl sites for hydroxylation is 2. The molecule has 0 saturated carbocycles. The highest BCUT2D eigenvalue weighted by Gasteiger charge is 2.33. The van der Waals surface area contributed by atoms with E-state index in [4.69, 9.17) is 4.74 Å². The predicted octanol–water partition coefficient (Wildman–Crippen LogP) is 4.06. The molecule has 202 valence electrons. The first kappa shape index (κ1) is 28.7. The second-order valence-electron chi connectivity index (χ2n) is 9.05. The number of rotatable bonds is 11. The van der Waals surface area contributed by atoms with E-state index < -0.39 is 28.5 Å². The predicted molar refractivity (Wildman–Crippen MR) is 149 cm³/mol. The van der Waals surface area contributed by atoms with Crippen LogP contribution in [0.3, 0.4) is 0 Å². The van der Waals surface area contributed by atoms with Crippen molar-refractivity contribution < 1.29 is 22.7 Å². The molecule has 0 saturated heterocycles. The van der Waals surface area contributed by atoms with Gasteiger partial charge in [-0.05, 0) is 74.7 Å². The zero-order valence-electron chi connectivity index (χ0n) is 22.5. The van der Waals surface area contributed by atoms with Gasteiger partial charge in [0.15, 0.2) is 0 Å². The van der Waals surface area contributed by atoms with Gasteiger partial charge < -0.3 is 15.0 Å². The Bertz CT molecular complexity index is 1360. The average molecular weight is 538 g/mol. The average Bonchev–Trinajstić information content (AvgIpc) is 2.92. The Kier molecular flexibility index (Phi) is 9.52. The molecule has 0 heterocycles.